The Kier molecular flexibility index (Phi) is 8.16. The molecule has 0 saturated heterocycles. The molecule has 1 amide bonds. The van der Waals surface area contributed by atoms with Crippen molar-refractivity contribution in [1.29, 1.82) is 0 Å². The largest absolute Gasteiger partial charge is 0.369 e. The Bertz CT molecular complexity index is 1430. The highest BCUT2D eigenvalue weighted by Crippen LogP contribution is 2.29. The molecule has 0 radical (unpaired) electrons. The number of nitrogens with one attached hydrogen (secondary N) is 1. The molecule has 1 aliphatic rings. The van der Waals surface area contributed by atoms with Gasteiger partial charge in [-0.05, 0) is 47.5 Å². The number of carbonyl (C=O) groups is 1. The molecule has 11 heteroatoms. The van der Waals surface area contributed by atoms with Crippen molar-refractivity contribution >= 4 is 50.8 Å². The number of amides is 1. The first-order valence-corrected chi connectivity index (χ1v) is 13.7. The molecular weight excluding hydrogens is 533 g/mol. The SMILES string of the molecule is CC(CN=C(NS(=O)(=O)c1ccc(Cl)cc1)N1CC(c2ccccc2)C(c2ccc(Cl)cc2)=N1)C(N)=O. The van der Waals surface area contributed by atoms with E-state index in [1.54, 1.807) is 19.1 Å². The maximum atomic E-state index is 13.2. The van der Waals surface area contributed by atoms with Gasteiger partial charge in [-0.3, -0.25) is 4.79 Å². The summed E-state index contributed by atoms with van der Waals surface area (Å²) in [6, 6.07) is 22.8. The van der Waals surface area contributed by atoms with Gasteiger partial charge >= 0.3 is 0 Å². The molecule has 2 atom stereocenters. The van der Waals surface area contributed by atoms with Crippen LogP contribution in [0.2, 0.25) is 10.0 Å². The van der Waals surface area contributed by atoms with E-state index < -0.39 is 21.8 Å². The van der Waals surface area contributed by atoms with Crippen molar-refractivity contribution in [2.45, 2.75) is 17.7 Å². The average molecular weight is 558 g/mol. The number of hydrogen-bond donors (Lipinski definition) is 2. The minimum atomic E-state index is -4.04. The van der Waals surface area contributed by atoms with E-state index in [0.717, 1.165) is 16.8 Å². The molecule has 2 unspecified atom stereocenters. The van der Waals surface area contributed by atoms with E-state index in [1.807, 2.05) is 42.5 Å². The number of nitrogens with zero attached hydrogens (tertiary/aromatic N) is 3. The van der Waals surface area contributed by atoms with Crippen LogP contribution in [0.1, 0.15) is 24.0 Å². The lowest BCUT2D eigenvalue weighted by Gasteiger charge is -2.20. The molecule has 0 bridgehead atoms. The molecule has 4 rings (SSSR count). The monoisotopic (exact) mass is 557 g/mol. The molecule has 3 N–H and O–H groups in total. The second kappa shape index (κ2) is 11.3. The molecule has 0 saturated carbocycles. The number of hydrazone groups is 1. The van der Waals surface area contributed by atoms with Crippen LogP contribution in [-0.2, 0) is 14.8 Å². The fourth-order valence-corrected chi connectivity index (χ4v) is 5.01. The lowest BCUT2D eigenvalue weighted by Crippen LogP contribution is -2.42. The van der Waals surface area contributed by atoms with Crippen LogP contribution < -0.4 is 10.5 Å². The Morgan fingerprint density at radius 2 is 1.65 bits per heavy atom. The third-order valence-corrected chi connectivity index (χ3v) is 7.70. The summed E-state index contributed by atoms with van der Waals surface area (Å²) in [5.74, 6) is -1.35. The van der Waals surface area contributed by atoms with E-state index in [4.69, 9.17) is 34.0 Å². The van der Waals surface area contributed by atoms with Crippen molar-refractivity contribution in [3.8, 4) is 0 Å². The molecular formula is C26H25Cl2N5O3S. The number of nitrogens with two attached hydrogens (primary N) is 1. The zero-order valence-electron chi connectivity index (χ0n) is 19.9. The summed E-state index contributed by atoms with van der Waals surface area (Å²) < 4.78 is 29.0. The second-order valence-corrected chi connectivity index (χ2v) is 11.1. The zero-order chi connectivity index (χ0) is 26.6. The lowest BCUT2D eigenvalue weighted by molar-refractivity contribution is -0.120. The Morgan fingerprint density at radius 1 is 1.05 bits per heavy atom. The molecule has 0 aliphatic carbocycles. The van der Waals surface area contributed by atoms with Gasteiger partial charge in [0.1, 0.15) is 0 Å². The predicted octanol–water partition coefficient (Wildman–Crippen LogP) is 4.25. The minimum absolute atomic E-state index is 0.00765. The molecule has 0 aromatic heterocycles. The summed E-state index contributed by atoms with van der Waals surface area (Å²) in [6.07, 6.45) is 0. The first-order chi connectivity index (χ1) is 17.6. The molecule has 3 aromatic carbocycles. The Morgan fingerprint density at radius 3 is 2.24 bits per heavy atom. The normalized spacial score (nSPS) is 16.8. The Labute approximate surface area is 225 Å². The van der Waals surface area contributed by atoms with E-state index in [1.165, 1.54) is 29.3 Å². The molecule has 1 aliphatic heterocycles. The number of carbonyl (C=O) groups excluding carboxylic acids is 1. The van der Waals surface area contributed by atoms with Crippen LogP contribution in [0.4, 0.5) is 0 Å². The van der Waals surface area contributed by atoms with Crippen molar-refractivity contribution in [2.24, 2.45) is 21.7 Å². The number of aliphatic imine (C=N–C) groups is 1. The first-order valence-electron chi connectivity index (χ1n) is 11.4. The van der Waals surface area contributed by atoms with Gasteiger partial charge < -0.3 is 5.73 Å². The van der Waals surface area contributed by atoms with Gasteiger partial charge in [0, 0.05) is 16.0 Å². The van der Waals surface area contributed by atoms with E-state index in [2.05, 4.69) is 9.71 Å². The second-order valence-electron chi connectivity index (χ2n) is 8.56. The van der Waals surface area contributed by atoms with Crippen molar-refractivity contribution < 1.29 is 13.2 Å². The quantitative estimate of drug-likeness (QED) is 0.333. The van der Waals surface area contributed by atoms with Crippen molar-refractivity contribution in [1.82, 2.24) is 9.73 Å². The summed E-state index contributed by atoms with van der Waals surface area (Å²) in [5.41, 5.74) is 7.97. The molecule has 3 aromatic rings. The number of sulfonamides is 1. The fourth-order valence-electron chi connectivity index (χ4n) is 3.73. The molecule has 37 heavy (non-hydrogen) atoms. The van der Waals surface area contributed by atoms with Crippen LogP contribution in [0.3, 0.4) is 0 Å². The topological polar surface area (TPSA) is 117 Å². The van der Waals surface area contributed by atoms with Crippen LogP contribution in [-0.4, -0.2) is 44.1 Å². The lowest BCUT2D eigenvalue weighted by atomic mass is 9.91. The van der Waals surface area contributed by atoms with Gasteiger partial charge in [-0.15, -0.1) is 0 Å². The molecule has 0 spiro atoms. The number of halogens is 2. The average Bonchev–Trinajstić information content (AvgIpc) is 3.33. The Hall–Kier alpha value is -3.40. The maximum Gasteiger partial charge on any atom is 0.264 e. The number of benzene rings is 3. The summed E-state index contributed by atoms with van der Waals surface area (Å²) >= 11 is 12.0. The first kappa shape index (κ1) is 26.7. The van der Waals surface area contributed by atoms with Gasteiger partial charge in [-0.25, -0.2) is 23.1 Å². The van der Waals surface area contributed by atoms with Crippen LogP contribution in [0.25, 0.3) is 0 Å². The molecule has 192 valence electrons. The minimum Gasteiger partial charge on any atom is -0.369 e. The standard InChI is InChI=1S/C26H25Cl2N5O3S/c1-17(25(29)34)15-30-26(32-37(35,36)22-13-11-21(28)12-14-22)33-16-23(18-5-3-2-4-6-18)24(31-33)19-7-9-20(27)10-8-19/h2-14,17,23H,15-16H2,1H3,(H2,29,34)(H,30,32). The van der Waals surface area contributed by atoms with Gasteiger partial charge in [0.05, 0.1) is 29.6 Å². The van der Waals surface area contributed by atoms with Crippen molar-refractivity contribution in [2.75, 3.05) is 13.1 Å². The van der Waals surface area contributed by atoms with E-state index in [-0.39, 0.29) is 23.3 Å². The third-order valence-electron chi connectivity index (χ3n) is 5.85. The van der Waals surface area contributed by atoms with E-state index >= 15 is 0 Å². The molecule has 8 nitrogen and oxygen atoms in total. The number of guanidine groups is 1. The number of primary amides is 1. The van der Waals surface area contributed by atoms with Crippen LogP contribution >= 0.6 is 23.2 Å². The number of rotatable bonds is 7. The van der Waals surface area contributed by atoms with Crippen LogP contribution in [0, 0.1) is 5.92 Å². The maximum absolute atomic E-state index is 13.2. The van der Waals surface area contributed by atoms with Gasteiger partial charge in [0.2, 0.25) is 11.9 Å². The molecule has 1 heterocycles. The number of hydrogen-bond acceptors (Lipinski definition) is 5. The summed E-state index contributed by atoms with van der Waals surface area (Å²) in [4.78, 5) is 16.1. The van der Waals surface area contributed by atoms with Gasteiger partial charge in [0.15, 0.2) is 0 Å². The zero-order valence-corrected chi connectivity index (χ0v) is 22.2. The van der Waals surface area contributed by atoms with Crippen LogP contribution in [0.15, 0.2) is 93.9 Å². The van der Waals surface area contributed by atoms with Gasteiger partial charge in [-0.1, -0.05) is 72.6 Å². The summed E-state index contributed by atoms with van der Waals surface area (Å²) in [6.45, 7) is 1.91. The van der Waals surface area contributed by atoms with Gasteiger partial charge in [0.25, 0.3) is 10.0 Å². The Balaban J connectivity index is 1.74. The highest BCUT2D eigenvalue weighted by Gasteiger charge is 2.33. The van der Waals surface area contributed by atoms with Crippen molar-refractivity contribution in [3.63, 3.8) is 0 Å². The fraction of sp³-hybridized carbons (Fsp3) is 0.192. The predicted molar refractivity (Wildman–Crippen MR) is 146 cm³/mol. The highest BCUT2D eigenvalue weighted by molar-refractivity contribution is 7.90. The van der Waals surface area contributed by atoms with E-state index in [9.17, 15) is 13.2 Å². The summed E-state index contributed by atoms with van der Waals surface area (Å²) in [7, 11) is -4.04. The van der Waals surface area contributed by atoms with Crippen LogP contribution in [0.5, 0.6) is 0 Å². The highest BCUT2D eigenvalue weighted by atomic mass is 35.5. The molecule has 0 fully saturated rings. The van der Waals surface area contributed by atoms with Crippen molar-refractivity contribution in [3.05, 3.63) is 100 Å². The van der Waals surface area contributed by atoms with Gasteiger partial charge in [-0.2, -0.15) is 5.10 Å². The third kappa shape index (κ3) is 6.49. The summed E-state index contributed by atoms with van der Waals surface area (Å²) in [5, 5.41) is 7.28. The smallest absolute Gasteiger partial charge is 0.264 e. The van der Waals surface area contributed by atoms with E-state index in [0.29, 0.717) is 16.6 Å².